The van der Waals surface area contributed by atoms with E-state index in [9.17, 15) is 0 Å². The van der Waals surface area contributed by atoms with Gasteiger partial charge in [-0.1, -0.05) is 61.2 Å². The zero-order valence-corrected chi connectivity index (χ0v) is 16.9. The van der Waals surface area contributed by atoms with Gasteiger partial charge in [0.05, 0.1) is 0 Å². The summed E-state index contributed by atoms with van der Waals surface area (Å²) in [6, 6.07) is 20.2. The summed E-state index contributed by atoms with van der Waals surface area (Å²) in [7, 11) is 0. The van der Waals surface area contributed by atoms with E-state index in [0.717, 1.165) is 24.7 Å². The Morgan fingerprint density at radius 1 is 0.852 bits per heavy atom. The average molecular weight is 383 g/mol. The van der Waals surface area contributed by atoms with Crippen LogP contribution in [0.4, 0.5) is 5.69 Å². The van der Waals surface area contributed by atoms with Gasteiger partial charge in [-0.2, -0.15) is 0 Å². The Morgan fingerprint density at radius 3 is 2.30 bits per heavy atom. The molecule has 1 saturated heterocycles. The first-order valence-electron chi connectivity index (χ1n) is 10.6. The smallest absolute Gasteiger partial charge is 0.0407 e. The molecule has 0 aromatic heterocycles. The maximum Gasteiger partial charge on any atom is 0.0407 e. The van der Waals surface area contributed by atoms with Crippen molar-refractivity contribution in [1.82, 2.24) is 5.32 Å². The zero-order valence-electron chi connectivity index (χ0n) is 16.1. The number of hydrogen-bond donors (Lipinski definition) is 1. The lowest BCUT2D eigenvalue weighted by Crippen LogP contribution is -2.42. The lowest BCUT2D eigenvalue weighted by molar-refractivity contribution is 0.361. The molecule has 3 heteroatoms. The molecule has 0 amide bonds. The van der Waals surface area contributed by atoms with Gasteiger partial charge in [0.1, 0.15) is 0 Å². The topological polar surface area (TPSA) is 15.3 Å². The van der Waals surface area contributed by atoms with Crippen LogP contribution in [-0.2, 0) is 6.42 Å². The van der Waals surface area contributed by atoms with E-state index in [1.807, 2.05) is 12.1 Å². The number of hydrogen-bond acceptors (Lipinski definition) is 2. The van der Waals surface area contributed by atoms with Gasteiger partial charge in [-0.15, -0.1) is 0 Å². The summed E-state index contributed by atoms with van der Waals surface area (Å²) in [5.74, 6) is 1.41. The van der Waals surface area contributed by atoms with Crippen LogP contribution >= 0.6 is 11.6 Å². The van der Waals surface area contributed by atoms with Crippen molar-refractivity contribution in [3.8, 4) is 0 Å². The third-order valence-electron chi connectivity index (χ3n) is 6.43. The lowest BCUT2D eigenvalue weighted by atomic mass is 9.87. The van der Waals surface area contributed by atoms with Crippen molar-refractivity contribution in [3.63, 3.8) is 0 Å². The average Bonchev–Trinajstić information content (AvgIpc) is 3.15. The quantitative estimate of drug-likeness (QED) is 0.703. The monoisotopic (exact) mass is 382 g/mol. The number of anilines is 1. The first kappa shape index (κ1) is 18.8. The fourth-order valence-electron chi connectivity index (χ4n) is 4.90. The van der Waals surface area contributed by atoms with Gasteiger partial charge in [-0.05, 0) is 74.0 Å². The van der Waals surface area contributed by atoms with Gasteiger partial charge in [0.2, 0.25) is 0 Å². The highest BCUT2D eigenvalue weighted by atomic mass is 35.5. The Balaban J connectivity index is 1.50. The van der Waals surface area contributed by atoms with Crippen molar-refractivity contribution >= 4 is 17.3 Å². The van der Waals surface area contributed by atoms with Crippen LogP contribution in [0.15, 0.2) is 54.6 Å². The summed E-state index contributed by atoms with van der Waals surface area (Å²) >= 11 is 6.16. The van der Waals surface area contributed by atoms with Gasteiger partial charge < -0.3 is 10.2 Å². The maximum absolute atomic E-state index is 6.16. The molecule has 2 nitrogen and oxygen atoms in total. The van der Waals surface area contributed by atoms with Crippen LogP contribution < -0.4 is 10.2 Å². The van der Waals surface area contributed by atoms with Crippen LogP contribution in [0.3, 0.4) is 0 Å². The molecule has 0 radical (unpaired) electrons. The van der Waals surface area contributed by atoms with Gasteiger partial charge >= 0.3 is 0 Å². The Kier molecular flexibility index (Phi) is 6.36. The molecule has 2 aromatic rings. The van der Waals surface area contributed by atoms with E-state index in [-0.39, 0.29) is 0 Å². The molecule has 2 aliphatic rings. The van der Waals surface area contributed by atoms with Crippen LogP contribution in [0.5, 0.6) is 0 Å². The van der Waals surface area contributed by atoms with Crippen LogP contribution in [0.25, 0.3) is 0 Å². The fraction of sp³-hybridized carbons (Fsp3) is 0.500. The minimum absolute atomic E-state index is 0.679. The molecule has 1 N–H and O–H groups in total. The van der Waals surface area contributed by atoms with Gasteiger partial charge in [0.25, 0.3) is 0 Å². The first-order valence-corrected chi connectivity index (χ1v) is 10.9. The molecule has 144 valence electrons. The Bertz CT molecular complexity index is 694. The molecule has 2 fully saturated rings. The van der Waals surface area contributed by atoms with Crippen molar-refractivity contribution in [3.05, 3.63) is 65.2 Å². The predicted octanol–water partition coefficient (Wildman–Crippen LogP) is 5.56. The number of rotatable bonds is 6. The van der Waals surface area contributed by atoms with Crippen LogP contribution in [0.1, 0.15) is 37.7 Å². The molecule has 1 unspecified atom stereocenters. The molecule has 1 aliphatic carbocycles. The van der Waals surface area contributed by atoms with Crippen LogP contribution in [0, 0.1) is 11.8 Å². The summed E-state index contributed by atoms with van der Waals surface area (Å²) in [4.78, 5) is 2.70. The Labute approximate surface area is 168 Å². The van der Waals surface area contributed by atoms with Gasteiger partial charge in [-0.25, -0.2) is 0 Å². The van der Waals surface area contributed by atoms with Gasteiger partial charge in [0.15, 0.2) is 0 Å². The Morgan fingerprint density at radius 2 is 1.56 bits per heavy atom. The van der Waals surface area contributed by atoms with Crippen molar-refractivity contribution < 1.29 is 0 Å². The van der Waals surface area contributed by atoms with Crippen molar-refractivity contribution in [2.24, 2.45) is 11.8 Å². The normalized spacial score (nSPS) is 23.4. The zero-order chi connectivity index (χ0) is 18.5. The second-order valence-electron chi connectivity index (χ2n) is 8.29. The van der Waals surface area contributed by atoms with Crippen LogP contribution in [0.2, 0.25) is 5.02 Å². The molecule has 2 aromatic carbocycles. The van der Waals surface area contributed by atoms with Crippen molar-refractivity contribution in [1.29, 1.82) is 0 Å². The second kappa shape index (κ2) is 9.12. The molecule has 1 heterocycles. The molecule has 1 saturated carbocycles. The number of nitrogens with one attached hydrogen (secondary N) is 1. The minimum Gasteiger partial charge on any atom is -0.368 e. The minimum atomic E-state index is 0.679. The molecule has 0 spiro atoms. The maximum atomic E-state index is 6.16. The van der Waals surface area contributed by atoms with E-state index in [4.69, 9.17) is 11.6 Å². The molecule has 4 rings (SSSR count). The summed E-state index contributed by atoms with van der Waals surface area (Å²) in [5, 5.41) is 4.49. The van der Waals surface area contributed by atoms with Crippen molar-refractivity contribution in [2.75, 3.05) is 24.5 Å². The highest BCUT2D eigenvalue weighted by molar-refractivity contribution is 6.30. The van der Waals surface area contributed by atoms with E-state index in [1.165, 1.54) is 49.8 Å². The number of halogens is 1. The summed E-state index contributed by atoms with van der Waals surface area (Å²) in [5.41, 5.74) is 2.81. The number of nitrogens with zero attached hydrogens (tertiary/aromatic N) is 1. The third kappa shape index (κ3) is 4.86. The molecular weight excluding hydrogens is 352 g/mol. The standard InChI is InChI=1S/C24H31ClN2/c25-22-11-13-24(14-12-22)27(23-9-5-2-6-10-23)18-21-17-26-16-20(21)15-19-7-3-1-4-8-19/h1,3-4,7-8,11-14,20-21,23,26H,2,5-6,9-10,15-18H2/t20?,21-/m1/s1. The third-order valence-corrected chi connectivity index (χ3v) is 6.68. The summed E-state index contributed by atoms with van der Waals surface area (Å²) in [6.45, 7) is 3.42. The van der Waals surface area contributed by atoms with Gasteiger partial charge in [0, 0.05) is 23.3 Å². The Hall–Kier alpha value is -1.51. The molecule has 0 bridgehead atoms. The van der Waals surface area contributed by atoms with E-state index in [1.54, 1.807) is 0 Å². The van der Waals surface area contributed by atoms with Crippen LogP contribution in [-0.4, -0.2) is 25.7 Å². The fourth-order valence-corrected chi connectivity index (χ4v) is 5.03. The summed E-state index contributed by atoms with van der Waals surface area (Å²) in [6.07, 6.45) is 7.96. The van der Waals surface area contributed by atoms with E-state index in [0.29, 0.717) is 17.9 Å². The molecule has 2 atom stereocenters. The highest BCUT2D eigenvalue weighted by Gasteiger charge is 2.31. The predicted molar refractivity (Wildman–Crippen MR) is 116 cm³/mol. The second-order valence-corrected chi connectivity index (χ2v) is 8.73. The number of benzene rings is 2. The van der Waals surface area contributed by atoms with Crippen molar-refractivity contribution in [2.45, 2.75) is 44.6 Å². The SMILES string of the molecule is Clc1ccc(N(C[C@H]2CNCC2Cc2ccccc2)C2CCCCC2)cc1. The highest BCUT2D eigenvalue weighted by Crippen LogP contribution is 2.31. The molecular formula is C24H31ClN2. The van der Waals surface area contributed by atoms with E-state index in [2.05, 4.69) is 52.7 Å². The van der Waals surface area contributed by atoms with E-state index < -0.39 is 0 Å². The largest absolute Gasteiger partial charge is 0.368 e. The first-order chi connectivity index (χ1) is 13.3. The van der Waals surface area contributed by atoms with Gasteiger partial charge in [-0.3, -0.25) is 0 Å². The summed E-state index contributed by atoms with van der Waals surface area (Å²) < 4.78 is 0. The molecule has 1 aliphatic heterocycles. The molecule has 27 heavy (non-hydrogen) atoms. The lowest BCUT2D eigenvalue weighted by Gasteiger charge is -2.39. The van der Waals surface area contributed by atoms with E-state index >= 15 is 0 Å².